The zero-order chi connectivity index (χ0) is 15.4. The standard InChI is InChI=1S/C14H20N2O5/c17-9-10(16-13(20)6-7-14(16)21)3-1-2-8-15-11(18)4-5-12(15)19/h10,17H,1-9H2. The first-order valence-electron chi connectivity index (χ1n) is 7.33. The first-order chi connectivity index (χ1) is 10.0. The summed E-state index contributed by atoms with van der Waals surface area (Å²) in [6, 6.07) is -0.488. The molecule has 2 aliphatic rings. The molecule has 7 heteroatoms. The maximum absolute atomic E-state index is 11.6. The Morgan fingerprint density at radius 3 is 1.90 bits per heavy atom. The zero-order valence-corrected chi connectivity index (χ0v) is 11.9. The van der Waals surface area contributed by atoms with E-state index in [-0.39, 0.29) is 55.9 Å². The number of hydrogen-bond acceptors (Lipinski definition) is 5. The van der Waals surface area contributed by atoms with Gasteiger partial charge in [-0.05, 0) is 19.3 Å². The normalized spacial score (nSPS) is 20.8. The molecule has 1 N–H and O–H groups in total. The Hall–Kier alpha value is -1.76. The molecule has 4 amide bonds. The molecule has 21 heavy (non-hydrogen) atoms. The van der Waals surface area contributed by atoms with Gasteiger partial charge < -0.3 is 5.11 Å². The molecule has 0 aromatic carbocycles. The Bertz CT molecular complexity index is 430. The molecule has 0 spiro atoms. The molecule has 0 aromatic heterocycles. The molecule has 1 unspecified atom stereocenters. The summed E-state index contributed by atoms with van der Waals surface area (Å²) in [7, 11) is 0. The van der Waals surface area contributed by atoms with E-state index < -0.39 is 6.04 Å². The van der Waals surface area contributed by atoms with E-state index in [4.69, 9.17) is 0 Å². The lowest BCUT2D eigenvalue weighted by Gasteiger charge is -2.24. The minimum atomic E-state index is -0.488. The second kappa shape index (κ2) is 6.80. The molecule has 0 aromatic rings. The van der Waals surface area contributed by atoms with Crippen molar-refractivity contribution < 1.29 is 24.3 Å². The summed E-state index contributed by atoms with van der Waals surface area (Å²) in [4.78, 5) is 48.5. The number of aliphatic hydroxyl groups excluding tert-OH is 1. The molecule has 2 heterocycles. The lowest BCUT2D eigenvalue weighted by molar-refractivity contribution is -0.142. The van der Waals surface area contributed by atoms with E-state index in [9.17, 15) is 24.3 Å². The van der Waals surface area contributed by atoms with Crippen molar-refractivity contribution in [3.63, 3.8) is 0 Å². The minimum Gasteiger partial charge on any atom is -0.394 e. The van der Waals surface area contributed by atoms with Crippen LogP contribution in [0.1, 0.15) is 44.9 Å². The second-order valence-corrected chi connectivity index (χ2v) is 5.43. The SMILES string of the molecule is O=C1CCC(=O)N1CCCCC(CO)N1C(=O)CCC1=O. The maximum Gasteiger partial charge on any atom is 0.230 e. The number of imide groups is 2. The fourth-order valence-corrected chi connectivity index (χ4v) is 2.83. The van der Waals surface area contributed by atoms with E-state index in [1.165, 1.54) is 4.90 Å². The summed E-state index contributed by atoms with van der Waals surface area (Å²) < 4.78 is 0. The zero-order valence-electron chi connectivity index (χ0n) is 11.9. The fourth-order valence-electron chi connectivity index (χ4n) is 2.83. The summed E-state index contributed by atoms with van der Waals surface area (Å²) >= 11 is 0. The summed E-state index contributed by atoms with van der Waals surface area (Å²) in [6.07, 6.45) is 2.75. The van der Waals surface area contributed by atoms with Crippen LogP contribution in [0.25, 0.3) is 0 Å². The van der Waals surface area contributed by atoms with Gasteiger partial charge in [0.2, 0.25) is 23.6 Å². The van der Waals surface area contributed by atoms with E-state index in [1.807, 2.05) is 0 Å². The quantitative estimate of drug-likeness (QED) is 0.519. The lowest BCUT2D eigenvalue weighted by atomic mass is 10.1. The van der Waals surface area contributed by atoms with Crippen LogP contribution in [-0.4, -0.2) is 57.7 Å². The Balaban J connectivity index is 1.76. The predicted molar refractivity (Wildman–Crippen MR) is 71.8 cm³/mol. The number of hydrogen-bond donors (Lipinski definition) is 1. The van der Waals surface area contributed by atoms with E-state index in [2.05, 4.69) is 0 Å². The highest BCUT2D eigenvalue weighted by molar-refractivity contribution is 6.02. The number of nitrogens with zero attached hydrogens (tertiary/aromatic N) is 2. The highest BCUT2D eigenvalue weighted by Crippen LogP contribution is 2.19. The van der Waals surface area contributed by atoms with Crippen molar-refractivity contribution in [3.05, 3.63) is 0 Å². The fraction of sp³-hybridized carbons (Fsp3) is 0.714. The largest absolute Gasteiger partial charge is 0.394 e. The number of amides is 4. The van der Waals surface area contributed by atoms with Crippen LogP contribution < -0.4 is 0 Å². The van der Waals surface area contributed by atoms with Gasteiger partial charge in [0.15, 0.2) is 0 Å². The van der Waals surface area contributed by atoms with Crippen LogP contribution in [0.2, 0.25) is 0 Å². The number of rotatable bonds is 7. The second-order valence-electron chi connectivity index (χ2n) is 5.43. The molecule has 0 aliphatic carbocycles. The van der Waals surface area contributed by atoms with Crippen LogP contribution in [0, 0.1) is 0 Å². The third-order valence-corrected chi connectivity index (χ3v) is 3.99. The molecule has 2 saturated heterocycles. The van der Waals surface area contributed by atoms with Crippen LogP contribution in [0.4, 0.5) is 0 Å². The molecule has 0 bridgehead atoms. The molecule has 0 radical (unpaired) electrons. The van der Waals surface area contributed by atoms with Gasteiger partial charge in [0, 0.05) is 32.2 Å². The maximum atomic E-state index is 11.6. The summed E-state index contributed by atoms with van der Waals surface area (Å²) in [5.74, 6) is -0.736. The van der Waals surface area contributed by atoms with Crippen molar-refractivity contribution in [2.45, 2.75) is 51.0 Å². The Kier molecular flexibility index (Phi) is 5.06. The molecule has 7 nitrogen and oxygen atoms in total. The average molecular weight is 296 g/mol. The summed E-state index contributed by atoms with van der Waals surface area (Å²) in [5.41, 5.74) is 0. The van der Waals surface area contributed by atoms with E-state index in [0.717, 1.165) is 4.90 Å². The van der Waals surface area contributed by atoms with E-state index in [1.54, 1.807) is 0 Å². The Morgan fingerprint density at radius 2 is 1.38 bits per heavy atom. The van der Waals surface area contributed by atoms with Crippen molar-refractivity contribution in [1.82, 2.24) is 9.80 Å². The van der Waals surface area contributed by atoms with Crippen molar-refractivity contribution in [1.29, 1.82) is 0 Å². The van der Waals surface area contributed by atoms with Gasteiger partial charge in [-0.3, -0.25) is 29.0 Å². The van der Waals surface area contributed by atoms with Crippen molar-refractivity contribution in [2.75, 3.05) is 13.2 Å². The number of carbonyl (C=O) groups is 4. The third-order valence-electron chi connectivity index (χ3n) is 3.99. The number of likely N-dealkylation sites (tertiary alicyclic amines) is 2. The van der Waals surface area contributed by atoms with Gasteiger partial charge in [-0.2, -0.15) is 0 Å². The van der Waals surface area contributed by atoms with Gasteiger partial charge in [0.05, 0.1) is 12.6 Å². The van der Waals surface area contributed by atoms with Crippen LogP contribution in [0.3, 0.4) is 0 Å². The Morgan fingerprint density at radius 1 is 0.857 bits per heavy atom. The monoisotopic (exact) mass is 296 g/mol. The third kappa shape index (κ3) is 3.47. The summed E-state index contributed by atoms with van der Waals surface area (Å²) in [6.45, 7) is 0.122. The van der Waals surface area contributed by atoms with Crippen LogP contribution >= 0.6 is 0 Å². The van der Waals surface area contributed by atoms with Gasteiger partial charge in [-0.1, -0.05) is 0 Å². The lowest BCUT2D eigenvalue weighted by Crippen LogP contribution is -2.41. The molecule has 2 fully saturated rings. The summed E-state index contributed by atoms with van der Waals surface area (Å²) in [5, 5.41) is 9.35. The van der Waals surface area contributed by atoms with Gasteiger partial charge in [-0.25, -0.2) is 0 Å². The van der Waals surface area contributed by atoms with E-state index in [0.29, 0.717) is 25.8 Å². The first-order valence-corrected chi connectivity index (χ1v) is 7.33. The van der Waals surface area contributed by atoms with E-state index >= 15 is 0 Å². The molecule has 116 valence electrons. The van der Waals surface area contributed by atoms with Gasteiger partial charge in [0.25, 0.3) is 0 Å². The van der Waals surface area contributed by atoms with Gasteiger partial charge in [-0.15, -0.1) is 0 Å². The van der Waals surface area contributed by atoms with Crippen molar-refractivity contribution >= 4 is 23.6 Å². The molecule has 1 atom stereocenters. The molecule has 2 aliphatic heterocycles. The number of carbonyl (C=O) groups excluding carboxylic acids is 4. The molecular weight excluding hydrogens is 276 g/mol. The van der Waals surface area contributed by atoms with Crippen LogP contribution in [0.15, 0.2) is 0 Å². The van der Waals surface area contributed by atoms with Crippen LogP contribution in [-0.2, 0) is 19.2 Å². The molecular formula is C14H20N2O5. The van der Waals surface area contributed by atoms with Gasteiger partial charge in [0.1, 0.15) is 0 Å². The average Bonchev–Trinajstić information content (AvgIpc) is 2.95. The first kappa shape index (κ1) is 15.6. The van der Waals surface area contributed by atoms with Crippen molar-refractivity contribution in [2.24, 2.45) is 0 Å². The molecule has 2 rings (SSSR count). The van der Waals surface area contributed by atoms with Crippen LogP contribution in [0.5, 0.6) is 0 Å². The number of aliphatic hydroxyl groups is 1. The number of unbranched alkanes of at least 4 members (excludes halogenated alkanes) is 1. The smallest absolute Gasteiger partial charge is 0.230 e. The predicted octanol–water partition coefficient (Wildman–Crippen LogP) is -0.184. The molecule has 0 saturated carbocycles. The minimum absolute atomic E-state index is 0.136. The van der Waals surface area contributed by atoms with Gasteiger partial charge >= 0.3 is 0 Å². The highest BCUT2D eigenvalue weighted by Gasteiger charge is 2.34. The Labute approximate surface area is 122 Å². The highest BCUT2D eigenvalue weighted by atomic mass is 16.3. The van der Waals surface area contributed by atoms with Crippen molar-refractivity contribution in [3.8, 4) is 0 Å². The topological polar surface area (TPSA) is 95.0 Å².